The van der Waals surface area contributed by atoms with E-state index in [4.69, 9.17) is 4.74 Å². The fraction of sp³-hybridized carbons (Fsp3) is 0.294. The molecule has 1 aliphatic carbocycles. The lowest BCUT2D eigenvalue weighted by atomic mass is 10.2. The zero-order valence-electron chi connectivity index (χ0n) is 11.9. The summed E-state index contributed by atoms with van der Waals surface area (Å²) in [5.74, 6) is 1.76. The van der Waals surface area contributed by atoms with Gasteiger partial charge in [-0.1, -0.05) is 34.1 Å². The molecule has 0 radical (unpaired) electrons. The molecular formula is C17H18BrNOS. The molecule has 1 aliphatic rings. The van der Waals surface area contributed by atoms with Crippen molar-refractivity contribution in [3.05, 3.63) is 52.5 Å². The van der Waals surface area contributed by atoms with E-state index in [1.54, 1.807) is 11.8 Å². The summed E-state index contributed by atoms with van der Waals surface area (Å²) in [6.45, 7) is 0.910. The van der Waals surface area contributed by atoms with E-state index in [2.05, 4.69) is 39.6 Å². The fourth-order valence-electron chi connectivity index (χ4n) is 2.11. The summed E-state index contributed by atoms with van der Waals surface area (Å²) in [6.07, 6.45) is 4.68. The first-order valence-corrected chi connectivity index (χ1v) is 9.11. The molecule has 0 spiro atoms. The molecule has 21 heavy (non-hydrogen) atoms. The Hall–Kier alpha value is -0.970. The number of ether oxygens (including phenoxy) is 1. The molecule has 2 aromatic rings. The fourth-order valence-corrected chi connectivity index (χ4v) is 3.13. The van der Waals surface area contributed by atoms with Crippen LogP contribution in [0.4, 0.5) is 0 Å². The van der Waals surface area contributed by atoms with Gasteiger partial charge in [-0.25, -0.2) is 0 Å². The molecule has 0 aliphatic heterocycles. The van der Waals surface area contributed by atoms with E-state index in [1.807, 2.05) is 30.3 Å². The van der Waals surface area contributed by atoms with Crippen LogP contribution in [0.3, 0.4) is 0 Å². The van der Waals surface area contributed by atoms with Gasteiger partial charge in [-0.3, -0.25) is 0 Å². The van der Waals surface area contributed by atoms with Crippen molar-refractivity contribution < 1.29 is 4.74 Å². The van der Waals surface area contributed by atoms with E-state index in [0.717, 1.165) is 33.5 Å². The number of para-hydroxylation sites is 1. The van der Waals surface area contributed by atoms with Crippen molar-refractivity contribution in [1.29, 1.82) is 0 Å². The highest BCUT2D eigenvalue weighted by Gasteiger charge is 2.20. The minimum Gasteiger partial charge on any atom is -0.456 e. The Morgan fingerprint density at radius 2 is 2.05 bits per heavy atom. The molecule has 0 bridgehead atoms. The highest BCUT2D eigenvalue weighted by atomic mass is 79.9. The monoisotopic (exact) mass is 363 g/mol. The van der Waals surface area contributed by atoms with E-state index < -0.39 is 0 Å². The van der Waals surface area contributed by atoms with E-state index in [-0.39, 0.29) is 0 Å². The van der Waals surface area contributed by atoms with Crippen molar-refractivity contribution in [1.82, 2.24) is 5.32 Å². The lowest BCUT2D eigenvalue weighted by Gasteiger charge is -2.11. The lowest BCUT2D eigenvalue weighted by molar-refractivity contribution is 0.470. The second-order valence-corrected chi connectivity index (χ2v) is 6.86. The van der Waals surface area contributed by atoms with Crippen molar-refractivity contribution in [3.63, 3.8) is 0 Å². The number of hydrogen-bond donors (Lipinski definition) is 1. The molecular weight excluding hydrogens is 346 g/mol. The molecule has 110 valence electrons. The first kappa shape index (κ1) is 14.9. The average molecular weight is 364 g/mol. The highest BCUT2D eigenvalue weighted by Crippen LogP contribution is 2.33. The van der Waals surface area contributed by atoms with Crippen LogP contribution in [0.1, 0.15) is 18.4 Å². The quantitative estimate of drug-likeness (QED) is 0.711. The van der Waals surface area contributed by atoms with Crippen LogP contribution in [-0.4, -0.2) is 12.3 Å². The number of thioether (sulfide) groups is 1. The van der Waals surface area contributed by atoms with E-state index in [0.29, 0.717) is 0 Å². The second kappa shape index (κ2) is 6.86. The van der Waals surface area contributed by atoms with Gasteiger partial charge in [0.15, 0.2) is 0 Å². The maximum Gasteiger partial charge on any atom is 0.140 e. The summed E-state index contributed by atoms with van der Waals surface area (Å²) in [6, 6.07) is 15.0. The zero-order chi connectivity index (χ0) is 14.7. The van der Waals surface area contributed by atoms with Crippen LogP contribution in [0.25, 0.3) is 0 Å². The van der Waals surface area contributed by atoms with Crippen LogP contribution in [-0.2, 0) is 6.54 Å². The normalized spacial score (nSPS) is 14.2. The van der Waals surface area contributed by atoms with E-state index >= 15 is 0 Å². The summed E-state index contributed by atoms with van der Waals surface area (Å²) in [7, 11) is 0. The first-order chi connectivity index (χ1) is 10.3. The summed E-state index contributed by atoms with van der Waals surface area (Å²) < 4.78 is 7.10. The molecule has 0 aromatic heterocycles. The van der Waals surface area contributed by atoms with Gasteiger partial charge < -0.3 is 10.1 Å². The van der Waals surface area contributed by atoms with Crippen LogP contribution in [0.2, 0.25) is 0 Å². The molecule has 4 heteroatoms. The number of rotatable bonds is 6. The van der Waals surface area contributed by atoms with Crippen molar-refractivity contribution in [2.75, 3.05) is 6.26 Å². The largest absolute Gasteiger partial charge is 0.456 e. The number of benzene rings is 2. The van der Waals surface area contributed by atoms with Gasteiger partial charge in [-0.2, -0.15) is 0 Å². The number of hydrogen-bond acceptors (Lipinski definition) is 3. The molecule has 1 N–H and O–H groups in total. The Bertz CT molecular complexity index is 628. The van der Waals surface area contributed by atoms with Gasteiger partial charge in [0, 0.05) is 22.0 Å². The predicted molar refractivity (Wildman–Crippen MR) is 92.3 cm³/mol. The molecule has 1 saturated carbocycles. The molecule has 0 amide bonds. The van der Waals surface area contributed by atoms with Crippen molar-refractivity contribution in [2.24, 2.45) is 0 Å². The second-order valence-electron chi connectivity index (χ2n) is 5.16. The van der Waals surface area contributed by atoms with Crippen LogP contribution >= 0.6 is 27.7 Å². The van der Waals surface area contributed by atoms with Gasteiger partial charge >= 0.3 is 0 Å². The third kappa shape index (κ3) is 4.02. The van der Waals surface area contributed by atoms with Gasteiger partial charge in [0.25, 0.3) is 0 Å². The van der Waals surface area contributed by atoms with Gasteiger partial charge in [0.2, 0.25) is 0 Å². The minimum absolute atomic E-state index is 0.723. The molecule has 0 atom stereocenters. The molecule has 2 nitrogen and oxygen atoms in total. The Morgan fingerprint density at radius 1 is 1.24 bits per heavy atom. The van der Waals surface area contributed by atoms with Gasteiger partial charge in [0.1, 0.15) is 11.5 Å². The summed E-state index contributed by atoms with van der Waals surface area (Å²) >= 11 is 5.33. The number of halogens is 1. The Balaban J connectivity index is 1.71. The molecule has 0 saturated heterocycles. The predicted octanol–water partition coefficient (Wildman–Crippen LogP) is 5.22. The smallest absolute Gasteiger partial charge is 0.140 e. The van der Waals surface area contributed by atoms with Crippen LogP contribution < -0.4 is 10.1 Å². The summed E-state index contributed by atoms with van der Waals surface area (Å²) in [5, 5.41) is 3.53. The lowest BCUT2D eigenvalue weighted by Crippen LogP contribution is -2.15. The summed E-state index contributed by atoms with van der Waals surface area (Å²) in [5.41, 5.74) is 1.27. The maximum absolute atomic E-state index is 6.00. The van der Waals surface area contributed by atoms with Gasteiger partial charge in [-0.15, -0.1) is 11.8 Å². The SMILES string of the molecule is CSc1ccccc1Oc1ccc(CNC2CC2)c(Br)c1. The standard InChI is InChI=1S/C17H18BrNOS/c1-21-17-5-3-2-4-16(17)20-14-9-6-12(15(18)10-14)11-19-13-7-8-13/h2-6,9-10,13,19H,7-8,11H2,1H3. The molecule has 1 fully saturated rings. The maximum atomic E-state index is 6.00. The van der Waals surface area contributed by atoms with Crippen LogP contribution in [0.5, 0.6) is 11.5 Å². The van der Waals surface area contributed by atoms with E-state index in [9.17, 15) is 0 Å². The Labute approximate surface area is 138 Å². The first-order valence-electron chi connectivity index (χ1n) is 7.09. The van der Waals surface area contributed by atoms with Crippen molar-refractivity contribution in [3.8, 4) is 11.5 Å². The highest BCUT2D eigenvalue weighted by molar-refractivity contribution is 9.10. The van der Waals surface area contributed by atoms with Crippen LogP contribution in [0.15, 0.2) is 51.8 Å². The van der Waals surface area contributed by atoms with Crippen molar-refractivity contribution >= 4 is 27.7 Å². The molecule has 3 rings (SSSR count). The Morgan fingerprint density at radius 3 is 2.76 bits per heavy atom. The molecule has 2 aromatic carbocycles. The zero-order valence-corrected chi connectivity index (χ0v) is 14.3. The van der Waals surface area contributed by atoms with Crippen LogP contribution in [0, 0.1) is 0 Å². The van der Waals surface area contributed by atoms with Gasteiger partial charge in [0.05, 0.1) is 0 Å². The minimum atomic E-state index is 0.723. The third-order valence-electron chi connectivity index (χ3n) is 3.48. The summed E-state index contributed by atoms with van der Waals surface area (Å²) in [4.78, 5) is 1.15. The topological polar surface area (TPSA) is 21.3 Å². The molecule has 0 unspecified atom stereocenters. The molecule has 0 heterocycles. The third-order valence-corrected chi connectivity index (χ3v) is 5.00. The van der Waals surface area contributed by atoms with Gasteiger partial charge in [-0.05, 0) is 48.9 Å². The van der Waals surface area contributed by atoms with E-state index in [1.165, 1.54) is 18.4 Å². The average Bonchev–Trinajstić information content (AvgIpc) is 3.31. The van der Waals surface area contributed by atoms with Crippen molar-refractivity contribution in [2.45, 2.75) is 30.3 Å². The Kier molecular flexibility index (Phi) is 4.88. The number of nitrogens with one attached hydrogen (secondary N) is 1.